The molecule has 0 bridgehead atoms. The van der Waals surface area contributed by atoms with Crippen molar-refractivity contribution in [2.24, 2.45) is 0 Å². The third-order valence-electron chi connectivity index (χ3n) is 7.00. The fraction of sp³-hybridized carbons (Fsp3) is 0.290. The Hall–Kier alpha value is -4.13. The van der Waals surface area contributed by atoms with Crippen molar-refractivity contribution in [3.63, 3.8) is 0 Å². The summed E-state index contributed by atoms with van der Waals surface area (Å²) in [6.45, 7) is 7.02. The van der Waals surface area contributed by atoms with E-state index in [2.05, 4.69) is 11.4 Å². The van der Waals surface area contributed by atoms with Gasteiger partial charge in [-0.05, 0) is 99.7 Å². The summed E-state index contributed by atoms with van der Waals surface area (Å²) in [6.07, 6.45) is 0.786. The van der Waals surface area contributed by atoms with Gasteiger partial charge in [-0.1, -0.05) is 23.8 Å². The molecule has 0 aliphatic heterocycles. The van der Waals surface area contributed by atoms with Crippen LogP contribution >= 0.6 is 0 Å². The second kappa shape index (κ2) is 10.1. The number of rotatable bonds is 5. The SMILES string of the molecule is Cc1ccc(S(=O)(=O)n2c(-c3cc(C#N)cc(CO)c3)cc3c4c(ccc32)[C@H](NC(=O)OC(C)(C)C)CC4)cc1. The highest BCUT2D eigenvalue weighted by molar-refractivity contribution is 7.90. The van der Waals surface area contributed by atoms with Gasteiger partial charge in [0.15, 0.2) is 0 Å². The number of alkyl carbamates (subject to hydrolysis) is 1. The molecule has 1 aliphatic rings. The number of carbonyl (C=O) groups is 1. The van der Waals surface area contributed by atoms with Crippen LogP contribution in [0.4, 0.5) is 4.79 Å². The topological polar surface area (TPSA) is 121 Å². The van der Waals surface area contributed by atoms with E-state index in [1.54, 1.807) is 69.3 Å². The standard InChI is InChI=1S/C31H31N3O5S/c1-19-5-7-23(8-6-19)40(37,38)34-28-12-10-25-24(9-11-27(25)33-30(36)39-31(2,3)4)26(28)16-29(34)22-14-20(17-32)13-21(15-22)18-35/h5-8,10,12-16,27,35H,9,11,18H2,1-4H3,(H,33,36)/t27-/m1/s1. The Morgan fingerprint density at radius 1 is 1.12 bits per heavy atom. The highest BCUT2D eigenvalue weighted by Gasteiger charge is 2.31. The third kappa shape index (κ3) is 5.08. The fourth-order valence-electron chi connectivity index (χ4n) is 5.25. The molecule has 1 heterocycles. The zero-order valence-corrected chi connectivity index (χ0v) is 23.7. The first-order chi connectivity index (χ1) is 18.9. The van der Waals surface area contributed by atoms with Gasteiger partial charge in [-0.2, -0.15) is 5.26 Å². The first-order valence-corrected chi connectivity index (χ1v) is 14.5. The number of aliphatic hydroxyl groups is 1. The average Bonchev–Trinajstić information content (AvgIpc) is 3.49. The van der Waals surface area contributed by atoms with Crippen LogP contribution in [0.15, 0.2) is 65.6 Å². The predicted molar refractivity (Wildman–Crippen MR) is 152 cm³/mol. The molecule has 1 aromatic heterocycles. The molecule has 1 aliphatic carbocycles. The third-order valence-corrected chi connectivity index (χ3v) is 8.74. The summed E-state index contributed by atoms with van der Waals surface area (Å²) >= 11 is 0. The summed E-state index contributed by atoms with van der Waals surface area (Å²) in [5.41, 5.74) is 4.39. The van der Waals surface area contributed by atoms with E-state index in [1.807, 2.05) is 19.1 Å². The fourth-order valence-corrected chi connectivity index (χ4v) is 6.78. The van der Waals surface area contributed by atoms with E-state index in [0.717, 1.165) is 22.1 Å². The number of aromatic nitrogens is 1. The summed E-state index contributed by atoms with van der Waals surface area (Å²) in [4.78, 5) is 12.6. The molecule has 206 valence electrons. The Morgan fingerprint density at radius 2 is 1.85 bits per heavy atom. The monoisotopic (exact) mass is 557 g/mol. The number of aliphatic hydroxyl groups excluding tert-OH is 1. The van der Waals surface area contributed by atoms with Gasteiger partial charge in [0.1, 0.15) is 5.60 Å². The molecular weight excluding hydrogens is 526 g/mol. The summed E-state index contributed by atoms with van der Waals surface area (Å²) < 4.78 is 35.0. The molecule has 3 aromatic carbocycles. The molecule has 5 rings (SSSR count). The van der Waals surface area contributed by atoms with Crippen LogP contribution in [-0.4, -0.2) is 29.2 Å². The van der Waals surface area contributed by atoms with Gasteiger partial charge < -0.3 is 15.2 Å². The lowest BCUT2D eigenvalue weighted by Crippen LogP contribution is -2.34. The van der Waals surface area contributed by atoms with E-state index >= 15 is 0 Å². The quantitative estimate of drug-likeness (QED) is 0.323. The van der Waals surface area contributed by atoms with Crippen molar-refractivity contribution < 1.29 is 23.1 Å². The van der Waals surface area contributed by atoms with Crippen LogP contribution in [-0.2, 0) is 27.8 Å². The van der Waals surface area contributed by atoms with Crippen molar-refractivity contribution >= 4 is 27.0 Å². The van der Waals surface area contributed by atoms with E-state index in [0.29, 0.717) is 40.7 Å². The zero-order valence-electron chi connectivity index (χ0n) is 22.9. The first-order valence-electron chi connectivity index (χ1n) is 13.1. The van der Waals surface area contributed by atoms with Gasteiger partial charge in [0.25, 0.3) is 10.0 Å². The van der Waals surface area contributed by atoms with Crippen LogP contribution in [0.25, 0.3) is 22.2 Å². The number of nitrogens with zero attached hydrogens (tertiary/aromatic N) is 2. The number of amides is 1. The molecule has 0 saturated heterocycles. The van der Waals surface area contributed by atoms with Crippen LogP contribution < -0.4 is 5.32 Å². The lowest BCUT2D eigenvalue weighted by atomic mass is 10.0. The summed E-state index contributed by atoms with van der Waals surface area (Å²) in [5, 5.41) is 23.1. The van der Waals surface area contributed by atoms with Crippen LogP contribution in [0.2, 0.25) is 0 Å². The van der Waals surface area contributed by atoms with Gasteiger partial charge in [0, 0.05) is 10.9 Å². The molecule has 40 heavy (non-hydrogen) atoms. The van der Waals surface area contributed by atoms with Crippen molar-refractivity contribution in [2.75, 3.05) is 0 Å². The van der Waals surface area contributed by atoms with Crippen molar-refractivity contribution in [1.82, 2.24) is 9.29 Å². The number of hydrogen-bond donors (Lipinski definition) is 2. The van der Waals surface area contributed by atoms with Crippen molar-refractivity contribution in [1.29, 1.82) is 5.26 Å². The molecule has 2 N–H and O–H groups in total. The Labute approximate surface area is 233 Å². The van der Waals surface area contributed by atoms with Gasteiger partial charge in [-0.3, -0.25) is 0 Å². The number of ether oxygens (including phenoxy) is 1. The second-order valence-corrected chi connectivity index (χ2v) is 12.9. The molecule has 9 heteroatoms. The highest BCUT2D eigenvalue weighted by Crippen LogP contribution is 2.41. The van der Waals surface area contributed by atoms with Gasteiger partial charge in [-0.15, -0.1) is 0 Å². The van der Waals surface area contributed by atoms with Crippen LogP contribution in [0, 0.1) is 18.3 Å². The number of hydrogen-bond acceptors (Lipinski definition) is 6. The van der Waals surface area contributed by atoms with E-state index in [1.165, 1.54) is 3.97 Å². The summed E-state index contributed by atoms with van der Waals surface area (Å²) in [5.74, 6) is 0. The lowest BCUT2D eigenvalue weighted by molar-refractivity contribution is 0.0503. The molecule has 0 saturated carbocycles. The van der Waals surface area contributed by atoms with Crippen molar-refractivity contribution in [3.05, 3.63) is 88.5 Å². The minimum Gasteiger partial charge on any atom is -0.444 e. The number of benzene rings is 3. The number of nitrogens with one attached hydrogen (secondary N) is 1. The van der Waals surface area contributed by atoms with Crippen LogP contribution in [0.1, 0.15) is 61.1 Å². The average molecular weight is 558 g/mol. The maximum atomic E-state index is 14.1. The minimum absolute atomic E-state index is 0.139. The normalized spacial score (nSPS) is 15.1. The molecule has 0 fully saturated rings. The predicted octanol–water partition coefficient (Wildman–Crippen LogP) is 5.73. The number of aryl methyl sites for hydroxylation is 2. The molecule has 0 spiro atoms. The lowest BCUT2D eigenvalue weighted by Gasteiger charge is -2.22. The molecule has 0 radical (unpaired) electrons. The molecule has 1 amide bonds. The summed E-state index contributed by atoms with van der Waals surface area (Å²) in [7, 11) is -4.05. The minimum atomic E-state index is -4.05. The van der Waals surface area contributed by atoms with E-state index in [9.17, 15) is 23.6 Å². The van der Waals surface area contributed by atoms with Crippen molar-refractivity contribution in [2.45, 2.75) is 63.7 Å². The van der Waals surface area contributed by atoms with Crippen LogP contribution in [0.5, 0.6) is 0 Å². The molecule has 1 atom stereocenters. The number of nitriles is 1. The zero-order chi connectivity index (χ0) is 28.8. The maximum absolute atomic E-state index is 14.1. The number of fused-ring (bicyclic) bond motifs is 3. The van der Waals surface area contributed by atoms with E-state index in [-0.39, 0.29) is 17.5 Å². The largest absolute Gasteiger partial charge is 0.444 e. The van der Waals surface area contributed by atoms with Gasteiger partial charge >= 0.3 is 6.09 Å². The first kappa shape index (κ1) is 27.4. The Kier molecular flexibility index (Phi) is 6.94. The molecular formula is C31H31N3O5S. The smallest absolute Gasteiger partial charge is 0.408 e. The highest BCUT2D eigenvalue weighted by atomic mass is 32.2. The van der Waals surface area contributed by atoms with E-state index < -0.39 is 21.7 Å². The Morgan fingerprint density at radius 3 is 2.50 bits per heavy atom. The van der Waals surface area contributed by atoms with E-state index in [4.69, 9.17) is 4.74 Å². The molecule has 4 aromatic rings. The second-order valence-electron chi connectivity index (χ2n) is 11.1. The number of carbonyl (C=O) groups excluding carboxylic acids is 1. The maximum Gasteiger partial charge on any atom is 0.408 e. The van der Waals surface area contributed by atoms with Crippen molar-refractivity contribution in [3.8, 4) is 17.3 Å². The van der Waals surface area contributed by atoms with Crippen LogP contribution in [0.3, 0.4) is 0 Å². The van der Waals surface area contributed by atoms with Gasteiger partial charge in [-0.25, -0.2) is 17.2 Å². The Bertz CT molecular complexity index is 1770. The van der Waals surface area contributed by atoms with Gasteiger partial charge in [0.05, 0.1) is 40.4 Å². The summed E-state index contributed by atoms with van der Waals surface area (Å²) in [6, 6.07) is 18.9. The Balaban J connectivity index is 1.71. The molecule has 8 nitrogen and oxygen atoms in total. The molecule has 0 unspecified atom stereocenters. The van der Waals surface area contributed by atoms with Gasteiger partial charge in [0.2, 0.25) is 0 Å².